The van der Waals surface area contributed by atoms with Crippen LogP contribution < -0.4 is 0 Å². The number of hydrogen-bond donors (Lipinski definition) is 0. The number of hydrogen-bond acceptors (Lipinski definition) is 1. The number of rotatable bonds is 0. The lowest BCUT2D eigenvalue weighted by molar-refractivity contribution is 1.39. The molecule has 13 heavy (non-hydrogen) atoms. The normalized spacial score (nSPS) is 10.7. The van der Waals surface area contributed by atoms with E-state index in [0.29, 0.717) is 5.02 Å². The maximum atomic E-state index is 5.98. The molecule has 0 bridgehead atoms. The van der Waals surface area contributed by atoms with Gasteiger partial charge in [-0.25, -0.2) is 0 Å². The summed E-state index contributed by atoms with van der Waals surface area (Å²) in [5.74, 6) is 0. The summed E-state index contributed by atoms with van der Waals surface area (Å²) in [7, 11) is 0. The molecule has 0 atom stereocenters. The van der Waals surface area contributed by atoms with Crippen LogP contribution in [0.2, 0.25) is 5.02 Å². The molecule has 1 heterocycles. The Bertz CT molecular complexity index is 470. The number of halogens is 3. The largest absolute Gasteiger partial charge is 0.253 e. The fourth-order valence-corrected chi connectivity index (χ4v) is 2.11. The van der Waals surface area contributed by atoms with Crippen LogP contribution in [0.4, 0.5) is 0 Å². The molecule has 0 spiro atoms. The van der Waals surface area contributed by atoms with Crippen molar-refractivity contribution in [3.8, 4) is 0 Å². The fourth-order valence-electron chi connectivity index (χ4n) is 1.13. The number of fused-ring (bicyclic) bond motifs is 1. The van der Waals surface area contributed by atoms with E-state index in [0.717, 1.165) is 19.8 Å². The zero-order valence-electron chi connectivity index (χ0n) is 6.39. The van der Waals surface area contributed by atoms with Gasteiger partial charge in [-0.15, -0.1) is 0 Å². The van der Waals surface area contributed by atoms with E-state index < -0.39 is 0 Å². The van der Waals surface area contributed by atoms with E-state index in [9.17, 15) is 0 Å². The maximum absolute atomic E-state index is 5.98. The molecule has 0 aliphatic carbocycles. The number of aromatic nitrogens is 1. The zero-order chi connectivity index (χ0) is 9.42. The van der Waals surface area contributed by atoms with Gasteiger partial charge in [0.1, 0.15) is 0 Å². The second kappa shape index (κ2) is 3.56. The van der Waals surface area contributed by atoms with Gasteiger partial charge in [-0.3, -0.25) is 4.98 Å². The number of pyridine rings is 1. The van der Waals surface area contributed by atoms with Crippen molar-refractivity contribution in [2.24, 2.45) is 0 Å². The molecule has 0 saturated heterocycles. The van der Waals surface area contributed by atoms with Crippen LogP contribution in [0.3, 0.4) is 0 Å². The predicted molar refractivity (Wildman–Crippen MR) is 62.2 cm³/mol. The molecule has 0 aliphatic rings. The van der Waals surface area contributed by atoms with Gasteiger partial charge in [-0.2, -0.15) is 0 Å². The summed E-state index contributed by atoms with van der Waals surface area (Å²) in [5.41, 5.74) is 0.819. The van der Waals surface area contributed by atoms with Crippen molar-refractivity contribution in [1.82, 2.24) is 4.98 Å². The van der Waals surface area contributed by atoms with Gasteiger partial charge >= 0.3 is 0 Å². The summed E-state index contributed by atoms with van der Waals surface area (Å²) in [4.78, 5) is 4.23. The van der Waals surface area contributed by atoms with E-state index in [1.54, 1.807) is 6.20 Å². The zero-order valence-corrected chi connectivity index (χ0v) is 10.3. The van der Waals surface area contributed by atoms with Gasteiger partial charge in [0, 0.05) is 20.5 Å². The lowest BCUT2D eigenvalue weighted by Crippen LogP contribution is -1.81. The Morgan fingerprint density at radius 2 is 2.00 bits per heavy atom. The molecular weight excluding hydrogens is 317 g/mol. The van der Waals surface area contributed by atoms with E-state index in [2.05, 4.69) is 36.8 Å². The minimum absolute atomic E-state index is 0.672. The molecule has 0 aliphatic heterocycles. The van der Waals surface area contributed by atoms with Crippen LogP contribution in [0.25, 0.3) is 10.9 Å². The standard InChI is InChI=1S/C9H4Br2ClN/c10-5-3-6-7(11)1-2-8(12)9(6)13-4-5/h1-4H. The first-order chi connectivity index (χ1) is 6.18. The Balaban J connectivity index is 2.92. The van der Waals surface area contributed by atoms with E-state index in [1.807, 2.05) is 18.2 Å². The predicted octanol–water partition coefficient (Wildman–Crippen LogP) is 4.41. The molecule has 0 saturated carbocycles. The van der Waals surface area contributed by atoms with Gasteiger partial charge in [-0.1, -0.05) is 27.5 Å². The van der Waals surface area contributed by atoms with Crippen LogP contribution >= 0.6 is 43.5 Å². The Morgan fingerprint density at radius 3 is 2.77 bits per heavy atom. The average molecular weight is 321 g/mol. The molecule has 2 aromatic rings. The Hall–Kier alpha value is -0.120. The van der Waals surface area contributed by atoms with Crippen molar-refractivity contribution in [3.05, 3.63) is 38.4 Å². The summed E-state index contributed by atoms with van der Waals surface area (Å²) in [6.45, 7) is 0. The molecule has 0 unspecified atom stereocenters. The molecule has 1 aromatic heterocycles. The third kappa shape index (κ3) is 1.73. The first-order valence-electron chi connectivity index (χ1n) is 3.58. The first kappa shape index (κ1) is 9.44. The summed E-state index contributed by atoms with van der Waals surface area (Å²) in [5, 5.41) is 1.69. The highest BCUT2D eigenvalue weighted by Gasteiger charge is 2.03. The summed E-state index contributed by atoms with van der Waals surface area (Å²) in [6, 6.07) is 5.73. The molecule has 0 N–H and O–H groups in total. The summed E-state index contributed by atoms with van der Waals surface area (Å²) >= 11 is 12.8. The average Bonchev–Trinajstić information content (AvgIpc) is 2.12. The molecule has 0 amide bonds. The third-order valence-corrected chi connectivity index (χ3v) is 3.14. The van der Waals surface area contributed by atoms with E-state index in [4.69, 9.17) is 11.6 Å². The summed E-state index contributed by atoms with van der Waals surface area (Å²) in [6.07, 6.45) is 1.74. The van der Waals surface area contributed by atoms with Gasteiger partial charge in [0.05, 0.1) is 10.5 Å². The smallest absolute Gasteiger partial charge is 0.0900 e. The van der Waals surface area contributed by atoms with Gasteiger partial charge < -0.3 is 0 Å². The SMILES string of the molecule is Clc1ccc(Br)c2cc(Br)cnc12. The molecule has 2 rings (SSSR count). The highest BCUT2D eigenvalue weighted by molar-refractivity contribution is 9.11. The molecule has 1 nitrogen and oxygen atoms in total. The topological polar surface area (TPSA) is 12.9 Å². The van der Waals surface area contributed by atoms with Crippen LogP contribution in [-0.2, 0) is 0 Å². The van der Waals surface area contributed by atoms with Crippen LogP contribution in [-0.4, -0.2) is 4.98 Å². The highest BCUT2D eigenvalue weighted by Crippen LogP contribution is 2.29. The molecule has 66 valence electrons. The monoisotopic (exact) mass is 319 g/mol. The van der Waals surface area contributed by atoms with Crippen LogP contribution in [0.1, 0.15) is 0 Å². The van der Waals surface area contributed by atoms with Crippen LogP contribution in [0.5, 0.6) is 0 Å². The van der Waals surface area contributed by atoms with Crippen molar-refractivity contribution in [1.29, 1.82) is 0 Å². The van der Waals surface area contributed by atoms with Crippen molar-refractivity contribution >= 4 is 54.4 Å². The molecule has 0 fully saturated rings. The maximum Gasteiger partial charge on any atom is 0.0900 e. The quantitative estimate of drug-likeness (QED) is 0.700. The van der Waals surface area contributed by atoms with Crippen molar-refractivity contribution in [2.75, 3.05) is 0 Å². The second-order valence-electron chi connectivity index (χ2n) is 2.58. The third-order valence-electron chi connectivity index (χ3n) is 1.71. The number of benzene rings is 1. The first-order valence-corrected chi connectivity index (χ1v) is 5.54. The second-order valence-corrected chi connectivity index (χ2v) is 4.76. The van der Waals surface area contributed by atoms with Gasteiger partial charge in [0.15, 0.2) is 0 Å². The minimum Gasteiger partial charge on any atom is -0.253 e. The Labute approximate surface area is 97.4 Å². The summed E-state index contributed by atoms with van der Waals surface area (Å²) < 4.78 is 1.95. The lowest BCUT2D eigenvalue weighted by atomic mass is 10.2. The molecule has 0 radical (unpaired) electrons. The van der Waals surface area contributed by atoms with Crippen LogP contribution in [0.15, 0.2) is 33.3 Å². The van der Waals surface area contributed by atoms with Crippen molar-refractivity contribution in [3.63, 3.8) is 0 Å². The Kier molecular flexibility index (Phi) is 2.58. The van der Waals surface area contributed by atoms with E-state index >= 15 is 0 Å². The molecular formula is C9H4Br2ClN. The van der Waals surface area contributed by atoms with E-state index in [1.165, 1.54) is 0 Å². The van der Waals surface area contributed by atoms with Crippen molar-refractivity contribution in [2.45, 2.75) is 0 Å². The van der Waals surface area contributed by atoms with Gasteiger partial charge in [0.25, 0.3) is 0 Å². The number of nitrogens with zero attached hydrogens (tertiary/aromatic N) is 1. The lowest BCUT2D eigenvalue weighted by Gasteiger charge is -2.01. The van der Waals surface area contributed by atoms with E-state index in [-0.39, 0.29) is 0 Å². The van der Waals surface area contributed by atoms with Crippen LogP contribution in [0, 0.1) is 0 Å². The minimum atomic E-state index is 0.672. The van der Waals surface area contributed by atoms with Gasteiger partial charge in [0.2, 0.25) is 0 Å². The fraction of sp³-hybridized carbons (Fsp3) is 0. The molecule has 1 aromatic carbocycles. The Morgan fingerprint density at radius 1 is 1.23 bits per heavy atom. The van der Waals surface area contributed by atoms with Crippen molar-refractivity contribution < 1.29 is 0 Å². The highest BCUT2D eigenvalue weighted by atomic mass is 79.9. The molecule has 4 heteroatoms. The van der Waals surface area contributed by atoms with Gasteiger partial charge in [-0.05, 0) is 34.1 Å².